The van der Waals surface area contributed by atoms with E-state index in [1.807, 2.05) is 25.1 Å². The van der Waals surface area contributed by atoms with Crippen molar-refractivity contribution in [2.24, 2.45) is 0 Å². The predicted molar refractivity (Wildman–Crippen MR) is 103 cm³/mol. The van der Waals surface area contributed by atoms with Crippen LogP contribution >= 0.6 is 15.9 Å². The van der Waals surface area contributed by atoms with Gasteiger partial charge in [-0.25, -0.2) is 13.2 Å². The van der Waals surface area contributed by atoms with Crippen molar-refractivity contribution >= 4 is 43.4 Å². The second-order valence-corrected chi connectivity index (χ2v) is 9.99. The van der Waals surface area contributed by atoms with Crippen molar-refractivity contribution in [1.82, 2.24) is 10.6 Å². The topological polar surface area (TPSA) is 104 Å². The summed E-state index contributed by atoms with van der Waals surface area (Å²) in [6, 6.07) is 4.62. The number of amides is 3. The summed E-state index contributed by atoms with van der Waals surface area (Å²) in [6.07, 6.45) is 2.01. The standard InChI is InChI=1S/C17H22BrN3O4S/c1-10-8-11(6-7-12(10)18)19-15(22)5-3-2-4-14-16-13(9-26(14,24)25)20-17(23)21-16/h6-8,13-14,16H,2-5,9H2,1H3,(H,19,22)(H2,20,21,23)/t13-,14+,16-/m0/s1. The van der Waals surface area contributed by atoms with Gasteiger partial charge in [0.25, 0.3) is 0 Å². The SMILES string of the molecule is Cc1cc(NC(=O)CCCC[C@@H]2[C@H]3NC(=O)N[C@H]3CS2(=O)=O)ccc1Br. The lowest BCUT2D eigenvalue weighted by Crippen LogP contribution is -2.39. The van der Waals surface area contributed by atoms with Gasteiger partial charge in [0.1, 0.15) is 0 Å². The van der Waals surface area contributed by atoms with Crippen molar-refractivity contribution in [3.63, 3.8) is 0 Å². The molecule has 0 aromatic heterocycles. The molecule has 3 amide bonds. The summed E-state index contributed by atoms with van der Waals surface area (Å²) in [5.74, 6) is -0.0977. The molecule has 7 nitrogen and oxygen atoms in total. The van der Waals surface area contributed by atoms with Crippen molar-refractivity contribution in [3.8, 4) is 0 Å². The first kappa shape index (κ1) is 19.2. The molecule has 3 rings (SSSR count). The molecular formula is C17H22BrN3O4S. The number of carbonyl (C=O) groups is 2. The minimum absolute atomic E-state index is 0.00945. The molecule has 0 spiro atoms. The fourth-order valence-corrected chi connectivity index (χ4v) is 6.10. The molecule has 142 valence electrons. The van der Waals surface area contributed by atoms with Gasteiger partial charge in [0, 0.05) is 16.6 Å². The van der Waals surface area contributed by atoms with Gasteiger partial charge in [-0.3, -0.25) is 4.79 Å². The zero-order valence-electron chi connectivity index (χ0n) is 14.4. The number of benzene rings is 1. The Morgan fingerprint density at radius 3 is 2.81 bits per heavy atom. The number of urea groups is 1. The van der Waals surface area contributed by atoms with Gasteiger partial charge in [0.05, 0.1) is 23.1 Å². The van der Waals surface area contributed by atoms with Gasteiger partial charge in [0.2, 0.25) is 5.91 Å². The van der Waals surface area contributed by atoms with E-state index in [1.165, 1.54) is 0 Å². The maximum absolute atomic E-state index is 12.2. The number of halogens is 1. The number of sulfone groups is 1. The van der Waals surface area contributed by atoms with Crippen LogP contribution in [0.2, 0.25) is 0 Å². The van der Waals surface area contributed by atoms with Crippen LogP contribution in [0.5, 0.6) is 0 Å². The highest BCUT2D eigenvalue weighted by atomic mass is 79.9. The largest absolute Gasteiger partial charge is 0.332 e. The molecule has 9 heteroatoms. The number of hydrogen-bond donors (Lipinski definition) is 3. The van der Waals surface area contributed by atoms with Crippen LogP contribution in [0.25, 0.3) is 0 Å². The summed E-state index contributed by atoms with van der Waals surface area (Å²) in [7, 11) is -3.21. The van der Waals surface area contributed by atoms with E-state index in [2.05, 4.69) is 31.9 Å². The first-order valence-corrected chi connectivity index (χ1v) is 11.1. The minimum atomic E-state index is -3.21. The van der Waals surface area contributed by atoms with Gasteiger partial charge in [-0.05, 0) is 43.5 Å². The van der Waals surface area contributed by atoms with Gasteiger partial charge in [-0.15, -0.1) is 0 Å². The van der Waals surface area contributed by atoms with E-state index < -0.39 is 15.1 Å². The number of aryl methyl sites for hydroxylation is 1. The molecule has 0 radical (unpaired) electrons. The van der Waals surface area contributed by atoms with Crippen molar-refractivity contribution in [2.45, 2.75) is 49.9 Å². The molecule has 0 bridgehead atoms. The number of anilines is 1. The van der Waals surface area contributed by atoms with E-state index in [1.54, 1.807) is 0 Å². The number of unbranched alkanes of at least 4 members (excludes halogenated alkanes) is 1. The van der Waals surface area contributed by atoms with E-state index >= 15 is 0 Å². The van der Waals surface area contributed by atoms with Crippen molar-refractivity contribution in [3.05, 3.63) is 28.2 Å². The van der Waals surface area contributed by atoms with Crippen LogP contribution in [0.3, 0.4) is 0 Å². The van der Waals surface area contributed by atoms with Crippen LogP contribution in [0, 0.1) is 6.92 Å². The normalized spacial score (nSPS) is 26.1. The maximum Gasteiger partial charge on any atom is 0.315 e. The van der Waals surface area contributed by atoms with Crippen molar-refractivity contribution in [2.75, 3.05) is 11.1 Å². The van der Waals surface area contributed by atoms with Crippen LogP contribution in [0.15, 0.2) is 22.7 Å². The first-order chi connectivity index (χ1) is 12.3. The van der Waals surface area contributed by atoms with Crippen molar-refractivity contribution < 1.29 is 18.0 Å². The molecular weight excluding hydrogens is 422 g/mol. The Balaban J connectivity index is 1.45. The number of fused-ring (bicyclic) bond motifs is 1. The Kier molecular flexibility index (Phi) is 5.57. The highest BCUT2D eigenvalue weighted by Crippen LogP contribution is 2.28. The highest BCUT2D eigenvalue weighted by Gasteiger charge is 2.51. The van der Waals surface area contributed by atoms with Crippen LogP contribution in [-0.4, -0.2) is 43.4 Å². The summed E-state index contributed by atoms with van der Waals surface area (Å²) in [5.41, 5.74) is 1.78. The van der Waals surface area contributed by atoms with Gasteiger partial charge in [-0.1, -0.05) is 22.4 Å². The van der Waals surface area contributed by atoms with Crippen LogP contribution in [0.4, 0.5) is 10.5 Å². The lowest BCUT2D eigenvalue weighted by atomic mass is 10.0. The molecule has 2 heterocycles. The third-order valence-electron chi connectivity index (χ3n) is 4.91. The quantitative estimate of drug-likeness (QED) is 0.462. The molecule has 26 heavy (non-hydrogen) atoms. The maximum atomic E-state index is 12.2. The molecule has 0 aliphatic carbocycles. The van der Waals surface area contributed by atoms with Crippen molar-refractivity contribution in [1.29, 1.82) is 0 Å². The van der Waals surface area contributed by atoms with E-state index in [4.69, 9.17) is 0 Å². The van der Waals surface area contributed by atoms with E-state index in [9.17, 15) is 18.0 Å². The monoisotopic (exact) mass is 443 g/mol. The molecule has 2 fully saturated rings. The number of carbonyl (C=O) groups excluding carboxylic acids is 2. The van der Waals surface area contributed by atoms with E-state index in [0.717, 1.165) is 15.7 Å². The van der Waals surface area contributed by atoms with Gasteiger partial charge in [0.15, 0.2) is 9.84 Å². The predicted octanol–water partition coefficient (Wildman–Crippen LogP) is 2.10. The third kappa shape index (κ3) is 4.20. The molecule has 0 saturated carbocycles. The van der Waals surface area contributed by atoms with Gasteiger partial charge in [-0.2, -0.15) is 0 Å². The van der Waals surface area contributed by atoms with Gasteiger partial charge >= 0.3 is 6.03 Å². The summed E-state index contributed by atoms with van der Waals surface area (Å²) in [5, 5.41) is 7.64. The molecule has 3 N–H and O–H groups in total. The lowest BCUT2D eigenvalue weighted by molar-refractivity contribution is -0.116. The number of hydrogen-bond acceptors (Lipinski definition) is 4. The molecule has 1 aromatic rings. The number of nitrogens with one attached hydrogen (secondary N) is 3. The van der Waals surface area contributed by atoms with E-state index in [0.29, 0.717) is 25.7 Å². The summed E-state index contributed by atoms with van der Waals surface area (Å²) < 4.78 is 25.5. The Labute approximate surface area is 161 Å². The fraction of sp³-hybridized carbons (Fsp3) is 0.529. The lowest BCUT2D eigenvalue weighted by Gasteiger charge is -2.16. The van der Waals surface area contributed by atoms with E-state index in [-0.39, 0.29) is 29.8 Å². The second-order valence-electron chi connectivity index (χ2n) is 6.88. The molecule has 3 atom stereocenters. The third-order valence-corrected chi connectivity index (χ3v) is 8.07. The molecule has 0 unspecified atom stereocenters. The average Bonchev–Trinajstić information content (AvgIpc) is 2.99. The Morgan fingerprint density at radius 1 is 1.31 bits per heavy atom. The highest BCUT2D eigenvalue weighted by molar-refractivity contribution is 9.10. The van der Waals surface area contributed by atoms with Crippen LogP contribution in [-0.2, 0) is 14.6 Å². The zero-order valence-corrected chi connectivity index (χ0v) is 16.8. The minimum Gasteiger partial charge on any atom is -0.332 e. The Bertz CT molecular complexity index is 827. The molecule has 2 aliphatic heterocycles. The van der Waals surface area contributed by atoms with Crippen LogP contribution < -0.4 is 16.0 Å². The molecule has 2 aliphatic rings. The smallest absolute Gasteiger partial charge is 0.315 e. The van der Waals surface area contributed by atoms with Gasteiger partial charge < -0.3 is 16.0 Å². The zero-order chi connectivity index (χ0) is 18.9. The average molecular weight is 444 g/mol. The number of rotatable bonds is 6. The van der Waals surface area contributed by atoms with Crippen LogP contribution in [0.1, 0.15) is 31.2 Å². The Morgan fingerprint density at radius 2 is 2.08 bits per heavy atom. The summed E-state index contributed by atoms with van der Waals surface area (Å²) in [6.45, 7) is 1.95. The fourth-order valence-electron chi connectivity index (χ4n) is 3.58. The summed E-state index contributed by atoms with van der Waals surface area (Å²) >= 11 is 3.42. The summed E-state index contributed by atoms with van der Waals surface area (Å²) in [4.78, 5) is 23.4. The Hall–Kier alpha value is -1.61. The first-order valence-electron chi connectivity index (χ1n) is 8.61. The molecule has 1 aromatic carbocycles. The second kappa shape index (κ2) is 7.56. The molecule has 2 saturated heterocycles.